The zero-order valence-electron chi connectivity index (χ0n) is 29.8. The number of aliphatic carboxylic acids is 1. The Morgan fingerprint density at radius 1 is 0.653 bits per heavy atom. The van der Waals surface area contributed by atoms with E-state index >= 15 is 0 Å². The molecule has 3 atom stereocenters. The van der Waals surface area contributed by atoms with Crippen molar-refractivity contribution in [2.24, 2.45) is 5.73 Å². The van der Waals surface area contributed by atoms with E-state index in [-0.39, 0.29) is 19.4 Å². The summed E-state index contributed by atoms with van der Waals surface area (Å²) in [7, 11) is -4.73. The monoisotopic (exact) mass is 711 g/mol. The minimum Gasteiger partial charge on any atom is -0.480 e. The average Bonchev–Trinajstić information content (AvgIpc) is 3.07. The molecule has 0 aromatic carbocycles. The van der Waals surface area contributed by atoms with Crippen LogP contribution in [0.3, 0.4) is 0 Å². The zero-order valence-corrected chi connectivity index (χ0v) is 30.6. The van der Waals surface area contributed by atoms with Gasteiger partial charge in [-0.2, -0.15) is 0 Å². The molecule has 0 fully saturated rings. The number of hydrogen-bond donors (Lipinski definition) is 3. The number of carbonyl (C=O) groups is 3. The number of phosphoric ester groups is 1. The Morgan fingerprint density at radius 2 is 1.12 bits per heavy atom. The second-order valence-electron chi connectivity index (χ2n) is 11.6. The highest BCUT2D eigenvalue weighted by molar-refractivity contribution is 7.47. The predicted octanol–water partition coefficient (Wildman–Crippen LogP) is 8.44. The summed E-state index contributed by atoms with van der Waals surface area (Å²) in [5.41, 5.74) is 5.30. The largest absolute Gasteiger partial charge is 0.480 e. The molecular formula is C37H62NO10P. The maximum atomic E-state index is 12.5. The van der Waals surface area contributed by atoms with Crippen LogP contribution < -0.4 is 5.73 Å². The van der Waals surface area contributed by atoms with Gasteiger partial charge in [0.25, 0.3) is 0 Å². The van der Waals surface area contributed by atoms with Crippen molar-refractivity contribution in [3.63, 3.8) is 0 Å². The molecule has 4 N–H and O–H groups in total. The number of rotatable bonds is 32. The van der Waals surface area contributed by atoms with E-state index in [4.69, 9.17) is 24.8 Å². The van der Waals surface area contributed by atoms with Gasteiger partial charge in [0.1, 0.15) is 12.6 Å². The molecule has 49 heavy (non-hydrogen) atoms. The summed E-state index contributed by atoms with van der Waals surface area (Å²) in [6, 6.07) is -1.53. The molecule has 0 saturated heterocycles. The molecule has 280 valence electrons. The molecule has 0 aliphatic rings. The number of nitrogens with two attached hydrogens (primary N) is 1. The second-order valence-corrected chi connectivity index (χ2v) is 13.1. The molecule has 0 radical (unpaired) electrons. The van der Waals surface area contributed by atoms with Crippen LogP contribution in [0.15, 0.2) is 60.8 Å². The van der Waals surface area contributed by atoms with Gasteiger partial charge in [0.2, 0.25) is 0 Å². The Morgan fingerprint density at radius 3 is 1.63 bits per heavy atom. The maximum Gasteiger partial charge on any atom is 0.472 e. The van der Waals surface area contributed by atoms with Crippen molar-refractivity contribution in [3.8, 4) is 0 Å². The molecule has 0 aliphatic heterocycles. The topological polar surface area (TPSA) is 172 Å². The number of carboxylic acids is 1. The molecule has 11 nitrogen and oxygen atoms in total. The van der Waals surface area contributed by atoms with Gasteiger partial charge in [0.05, 0.1) is 19.6 Å². The van der Waals surface area contributed by atoms with Crippen LogP contribution in [-0.4, -0.2) is 59.9 Å². The van der Waals surface area contributed by atoms with E-state index in [1.807, 2.05) is 18.2 Å². The SMILES string of the molecule is CC/C=C\C/C=C\C/C=C\C/C=C\C/C=C\CC(=O)OC(COC(=O)CCCCCCCCCCCC)COP(=O)(O)OCC(N)C(=O)O. The third kappa shape index (κ3) is 32.2. The van der Waals surface area contributed by atoms with Gasteiger partial charge in [0, 0.05) is 6.42 Å². The van der Waals surface area contributed by atoms with Crippen molar-refractivity contribution < 1.29 is 47.5 Å². The maximum absolute atomic E-state index is 12.5. The third-order valence-electron chi connectivity index (χ3n) is 7.06. The van der Waals surface area contributed by atoms with Crippen LogP contribution in [0.1, 0.15) is 123 Å². The quantitative estimate of drug-likeness (QED) is 0.0265. The summed E-state index contributed by atoms with van der Waals surface area (Å²) in [6.07, 6.45) is 34.8. The Hall–Kier alpha value is -2.82. The van der Waals surface area contributed by atoms with Crippen molar-refractivity contribution in [3.05, 3.63) is 60.8 Å². The van der Waals surface area contributed by atoms with Gasteiger partial charge in [0.15, 0.2) is 6.10 Å². The first-order chi connectivity index (χ1) is 23.6. The fourth-order valence-corrected chi connectivity index (χ4v) is 5.03. The Bertz CT molecular complexity index is 1070. The standard InChI is InChI=1S/C37H62NO10P/c1-3-5-7-9-11-13-15-16-17-18-19-21-23-25-27-29-36(40)48-33(31-46-49(43,44)47-32-34(38)37(41)42)30-45-35(39)28-26-24-22-20-14-12-10-8-6-4-2/h5,7,11,13,16-17,19,21,25,27,33-34H,3-4,6,8-10,12,14-15,18,20,22-24,26,28-32,38H2,1-2H3,(H,41,42)(H,43,44)/b7-5-,13-11-,17-16-,21-19-,27-25-. The normalized spacial score (nSPS) is 14.7. The Kier molecular flexibility index (Phi) is 30.5. The fraction of sp³-hybridized carbons (Fsp3) is 0.649. The van der Waals surface area contributed by atoms with Gasteiger partial charge in [-0.25, -0.2) is 4.57 Å². The Labute approximate surface area is 294 Å². The zero-order chi connectivity index (χ0) is 36.4. The van der Waals surface area contributed by atoms with Crippen molar-refractivity contribution in [2.45, 2.75) is 135 Å². The van der Waals surface area contributed by atoms with E-state index < -0.39 is 51.1 Å². The fourth-order valence-electron chi connectivity index (χ4n) is 4.26. The van der Waals surface area contributed by atoms with Gasteiger partial charge >= 0.3 is 25.7 Å². The lowest BCUT2D eigenvalue weighted by atomic mass is 10.1. The molecule has 0 aromatic rings. The van der Waals surface area contributed by atoms with Crippen LogP contribution in [0.2, 0.25) is 0 Å². The Balaban J connectivity index is 4.65. The smallest absolute Gasteiger partial charge is 0.472 e. The number of allylic oxidation sites excluding steroid dienone is 9. The number of esters is 2. The van der Waals surface area contributed by atoms with E-state index in [0.29, 0.717) is 12.8 Å². The van der Waals surface area contributed by atoms with E-state index in [1.165, 1.54) is 38.5 Å². The van der Waals surface area contributed by atoms with E-state index in [2.05, 4.69) is 54.8 Å². The minimum atomic E-state index is -4.73. The van der Waals surface area contributed by atoms with E-state index in [9.17, 15) is 23.8 Å². The summed E-state index contributed by atoms with van der Waals surface area (Å²) in [4.78, 5) is 45.5. The van der Waals surface area contributed by atoms with Crippen LogP contribution in [0.4, 0.5) is 0 Å². The summed E-state index contributed by atoms with van der Waals surface area (Å²) in [5.74, 6) is -2.55. The number of ether oxygens (including phenoxy) is 2. The lowest BCUT2D eigenvalue weighted by molar-refractivity contribution is -0.160. The van der Waals surface area contributed by atoms with E-state index in [1.54, 1.807) is 6.08 Å². The number of unbranched alkanes of at least 4 members (excludes halogenated alkanes) is 9. The van der Waals surface area contributed by atoms with Crippen molar-refractivity contribution in [1.29, 1.82) is 0 Å². The molecular weight excluding hydrogens is 649 g/mol. The van der Waals surface area contributed by atoms with Crippen LogP contribution in [0.25, 0.3) is 0 Å². The van der Waals surface area contributed by atoms with Gasteiger partial charge in [-0.15, -0.1) is 0 Å². The summed E-state index contributed by atoms with van der Waals surface area (Å²) in [5, 5.41) is 8.84. The molecule has 0 bridgehead atoms. The molecule has 12 heteroatoms. The first-order valence-corrected chi connectivity index (χ1v) is 19.3. The predicted molar refractivity (Wildman–Crippen MR) is 194 cm³/mol. The molecule has 3 unspecified atom stereocenters. The third-order valence-corrected chi connectivity index (χ3v) is 8.01. The van der Waals surface area contributed by atoms with Crippen LogP contribution >= 0.6 is 7.82 Å². The highest BCUT2D eigenvalue weighted by atomic mass is 31.2. The number of carbonyl (C=O) groups excluding carboxylic acids is 2. The summed E-state index contributed by atoms with van der Waals surface area (Å²) in [6.45, 7) is 2.53. The van der Waals surface area contributed by atoms with Crippen molar-refractivity contribution in [1.82, 2.24) is 0 Å². The highest BCUT2D eigenvalue weighted by Crippen LogP contribution is 2.43. The van der Waals surface area contributed by atoms with Crippen LogP contribution in [0, 0.1) is 0 Å². The van der Waals surface area contributed by atoms with Gasteiger partial charge < -0.3 is 25.2 Å². The lowest BCUT2D eigenvalue weighted by Gasteiger charge is -2.20. The molecule has 0 aliphatic carbocycles. The van der Waals surface area contributed by atoms with Gasteiger partial charge in [-0.05, 0) is 38.5 Å². The summed E-state index contributed by atoms with van der Waals surface area (Å²) >= 11 is 0. The lowest BCUT2D eigenvalue weighted by Crippen LogP contribution is -2.34. The van der Waals surface area contributed by atoms with Gasteiger partial charge in [-0.1, -0.05) is 132 Å². The van der Waals surface area contributed by atoms with Crippen LogP contribution in [0.5, 0.6) is 0 Å². The van der Waals surface area contributed by atoms with E-state index in [0.717, 1.165) is 44.9 Å². The molecule has 0 saturated carbocycles. The first-order valence-electron chi connectivity index (χ1n) is 17.8. The highest BCUT2D eigenvalue weighted by Gasteiger charge is 2.28. The molecule has 0 aromatic heterocycles. The first kappa shape index (κ1) is 46.2. The van der Waals surface area contributed by atoms with Crippen molar-refractivity contribution >= 4 is 25.7 Å². The molecule has 0 spiro atoms. The molecule has 0 amide bonds. The number of hydrogen-bond acceptors (Lipinski definition) is 9. The number of phosphoric acid groups is 1. The average molecular weight is 712 g/mol. The van der Waals surface area contributed by atoms with Gasteiger partial charge in [-0.3, -0.25) is 23.4 Å². The number of carboxylic acid groups (broad SMARTS) is 1. The van der Waals surface area contributed by atoms with Crippen LogP contribution in [-0.2, 0) is 37.5 Å². The minimum absolute atomic E-state index is 0.0721. The van der Waals surface area contributed by atoms with Crippen molar-refractivity contribution in [2.75, 3.05) is 19.8 Å². The molecule has 0 rings (SSSR count). The molecule has 0 heterocycles. The summed E-state index contributed by atoms with van der Waals surface area (Å²) < 4.78 is 32.3. The second kappa shape index (κ2) is 32.4.